The lowest BCUT2D eigenvalue weighted by atomic mass is 10.1. The zero-order valence-corrected chi connectivity index (χ0v) is 14.0. The van der Waals surface area contributed by atoms with Gasteiger partial charge in [0.25, 0.3) is 5.69 Å². The van der Waals surface area contributed by atoms with Gasteiger partial charge >= 0.3 is 12.6 Å². The van der Waals surface area contributed by atoms with Crippen LogP contribution in [-0.2, 0) is 11.3 Å². The average Bonchev–Trinajstić information content (AvgIpc) is 2.58. The Kier molecular flexibility index (Phi) is 6.29. The van der Waals surface area contributed by atoms with E-state index in [-0.39, 0.29) is 12.4 Å². The largest absolute Gasteiger partial charge is 0.493 e. The molecule has 2 rings (SSSR count). The molecule has 0 radical (unpaired) electrons. The molecule has 7 nitrogen and oxygen atoms in total. The Morgan fingerprint density at radius 3 is 2.58 bits per heavy atom. The van der Waals surface area contributed by atoms with Crippen LogP contribution in [-0.4, -0.2) is 24.6 Å². The van der Waals surface area contributed by atoms with Crippen LogP contribution in [0.4, 0.5) is 14.5 Å². The first-order valence-electron chi connectivity index (χ1n) is 7.04. The van der Waals surface area contributed by atoms with Crippen LogP contribution in [0.2, 0.25) is 5.02 Å². The van der Waals surface area contributed by atoms with Crippen molar-refractivity contribution < 1.29 is 32.7 Å². The van der Waals surface area contributed by atoms with Gasteiger partial charge < -0.3 is 14.2 Å². The molecule has 10 heteroatoms. The molecule has 26 heavy (non-hydrogen) atoms. The van der Waals surface area contributed by atoms with E-state index >= 15 is 0 Å². The molecular weight excluding hydrogens is 376 g/mol. The van der Waals surface area contributed by atoms with E-state index < -0.39 is 34.5 Å². The van der Waals surface area contributed by atoms with E-state index in [0.29, 0.717) is 16.7 Å². The molecule has 0 saturated heterocycles. The minimum Gasteiger partial charge on any atom is -0.493 e. The van der Waals surface area contributed by atoms with E-state index in [2.05, 4.69) is 4.74 Å². The molecular formula is C16H12ClF2NO6. The molecule has 0 aliphatic heterocycles. The van der Waals surface area contributed by atoms with Gasteiger partial charge in [-0.25, -0.2) is 4.79 Å². The smallest absolute Gasteiger partial charge is 0.387 e. The zero-order chi connectivity index (χ0) is 19.3. The number of nitrogens with zero attached hydrogens (tertiary/aromatic N) is 1. The maximum absolute atomic E-state index is 12.4. The zero-order valence-electron chi connectivity index (χ0n) is 13.3. The van der Waals surface area contributed by atoms with Gasteiger partial charge in [-0.2, -0.15) is 8.78 Å². The molecule has 0 atom stereocenters. The minimum atomic E-state index is -3.22. The van der Waals surface area contributed by atoms with Crippen molar-refractivity contribution in [3.05, 3.63) is 62.7 Å². The minimum absolute atomic E-state index is 0.186. The van der Waals surface area contributed by atoms with Crippen LogP contribution < -0.4 is 9.47 Å². The molecule has 0 saturated carbocycles. The normalized spacial score (nSPS) is 10.5. The topological polar surface area (TPSA) is 87.9 Å². The lowest BCUT2D eigenvalue weighted by Gasteiger charge is -2.12. The summed E-state index contributed by atoms with van der Waals surface area (Å²) in [4.78, 5) is 22.5. The monoisotopic (exact) mass is 387 g/mol. The number of nitro groups is 1. The van der Waals surface area contributed by atoms with Crippen LogP contribution in [0.3, 0.4) is 0 Å². The second-order valence-electron chi connectivity index (χ2n) is 4.86. The number of rotatable bonds is 7. The van der Waals surface area contributed by atoms with Gasteiger partial charge in [-0.1, -0.05) is 23.7 Å². The molecule has 0 bridgehead atoms. The fourth-order valence-electron chi connectivity index (χ4n) is 2.06. The van der Waals surface area contributed by atoms with Crippen molar-refractivity contribution in [2.24, 2.45) is 0 Å². The quantitative estimate of drug-likeness (QED) is 0.401. The van der Waals surface area contributed by atoms with Crippen molar-refractivity contribution in [3.63, 3.8) is 0 Å². The number of alkyl halides is 2. The Hall–Kier alpha value is -2.94. The van der Waals surface area contributed by atoms with Gasteiger partial charge in [-0.15, -0.1) is 0 Å². The molecule has 0 aliphatic rings. The molecule has 0 heterocycles. The number of methoxy groups -OCH3 is 1. The van der Waals surface area contributed by atoms with Gasteiger partial charge in [-0.3, -0.25) is 10.1 Å². The molecule has 0 spiro atoms. The third-order valence-electron chi connectivity index (χ3n) is 3.17. The summed E-state index contributed by atoms with van der Waals surface area (Å²) in [5.74, 6) is -1.87. The number of halogens is 3. The first-order chi connectivity index (χ1) is 12.3. The highest BCUT2D eigenvalue weighted by Gasteiger charge is 2.27. The summed E-state index contributed by atoms with van der Waals surface area (Å²) in [5.41, 5.74) is -0.647. The van der Waals surface area contributed by atoms with E-state index in [1.54, 1.807) is 24.3 Å². The number of esters is 1. The van der Waals surface area contributed by atoms with Crippen molar-refractivity contribution in [2.75, 3.05) is 7.11 Å². The van der Waals surface area contributed by atoms with Crippen molar-refractivity contribution in [2.45, 2.75) is 13.2 Å². The van der Waals surface area contributed by atoms with Crippen molar-refractivity contribution in [3.8, 4) is 11.5 Å². The lowest BCUT2D eigenvalue weighted by molar-refractivity contribution is -0.385. The summed E-state index contributed by atoms with van der Waals surface area (Å²) in [6, 6.07) is 8.08. The van der Waals surface area contributed by atoms with Crippen molar-refractivity contribution >= 4 is 23.3 Å². The summed E-state index contributed by atoms with van der Waals surface area (Å²) in [6.07, 6.45) is 0. The number of benzene rings is 2. The van der Waals surface area contributed by atoms with Crippen LogP contribution in [0.1, 0.15) is 15.9 Å². The van der Waals surface area contributed by atoms with Gasteiger partial charge in [-0.05, 0) is 17.7 Å². The molecule has 2 aromatic carbocycles. The summed E-state index contributed by atoms with van der Waals surface area (Å²) in [5, 5.41) is 11.6. The molecule has 0 unspecified atom stereocenters. The van der Waals surface area contributed by atoms with Gasteiger partial charge in [0.1, 0.15) is 12.2 Å². The molecule has 0 amide bonds. The second-order valence-corrected chi connectivity index (χ2v) is 5.30. The van der Waals surface area contributed by atoms with Gasteiger partial charge in [0.05, 0.1) is 18.1 Å². The van der Waals surface area contributed by atoms with Crippen molar-refractivity contribution in [1.29, 1.82) is 0 Å². The number of carbonyl (C=O) groups excluding carboxylic acids is 1. The number of hydrogen-bond donors (Lipinski definition) is 0. The first kappa shape index (κ1) is 19.4. The molecule has 0 aromatic heterocycles. The lowest BCUT2D eigenvalue weighted by Crippen LogP contribution is -2.10. The summed E-state index contributed by atoms with van der Waals surface area (Å²) in [7, 11) is 1.14. The SMILES string of the molecule is COc1cc(C(=O)OCc2cccc(Cl)c2)c([N+](=O)[O-])cc1OC(F)F. The van der Waals surface area contributed by atoms with Crippen LogP contribution in [0.5, 0.6) is 11.5 Å². The van der Waals surface area contributed by atoms with Crippen LogP contribution in [0.25, 0.3) is 0 Å². The van der Waals surface area contributed by atoms with Crippen LogP contribution in [0, 0.1) is 10.1 Å². The van der Waals surface area contributed by atoms with Crippen LogP contribution >= 0.6 is 11.6 Å². The van der Waals surface area contributed by atoms with Gasteiger partial charge in [0.15, 0.2) is 11.5 Å². The van der Waals surface area contributed by atoms with Gasteiger partial charge in [0.2, 0.25) is 0 Å². The maximum atomic E-state index is 12.4. The number of nitro benzene ring substituents is 1. The predicted octanol–water partition coefficient (Wildman–Crippen LogP) is 4.22. The Balaban J connectivity index is 2.30. The molecule has 138 valence electrons. The summed E-state index contributed by atoms with van der Waals surface area (Å²) in [6.45, 7) is -3.40. The highest BCUT2D eigenvalue weighted by molar-refractivity contribution is 6.30. The summed E-state index contributed by atoms with van der Waals surface area (Å²) < 4.78 is 38.9. The van der Waals surface area contributed by atoms with Crippen molar-refractivity contribution in [1.82, 2.24) is 0 Å². The van der Waals surface area contributed by atoms with Crippen LogP contribution in [0.15, 0.2) is 36.4 Å². The van der Waals surface area contributed by atoms with Gasteiger partial charge in [0, 0.05) is 11.1 Å². The molecule has 2 aromatic rings. The Labute approximate surface area is 151 Å². The molecule has 0 fully saturated rings. The predicted molar refractivity (Wildman–Crippen MR) is 86.9 cm³/mol. The van der Waals surface area contributed by atoms with E-state index in [1.807, 2.05) is 0 Å². The third-order valence-corrected chi connectivity index (χ3v) is 3.41. The third kappa shape index (κ3) is 4.79. The Morgan fingerprint density at radius 2 is 2.00 bits per heavy atom. The molecule has 0 N–H and O–H groups in total. The number of hydrogen-bond acceptors (Lipinski definition) is 6. The average molecular weight is 388 g/mol. The number of carbonyl (C=O) groups is 1. The maximum Gasteiger partial charge on any atom is 0.387 e. The summed E-state index contributed by atoms with van der Waals surface area (Å²) >= 11 is 5.82. The van der Waals surface area contributed by atoms with E-state index in [4.69, 9.17) is 21.1 Å². The second kappa shape index (κ2) is 8.43. The highest BCUT2D eigenvalue weighted by atomic mass is 35.5. The Bertz CT molecular complexity index is 830. The van der Waals surface area contributed by atoms with E-state index in [9.17, 15) is 23.7 Å². The highest BCUT2D eigenvalue weighted by Crippen LogP contribution is 2.36. The van der Waals surface area contributed by atoms with E-state index in [1.165, 1.54) is 0 Å². The Morgan fingerprint density at radius 1 is 1.27 bits per heavy atom. The fraction of sp³-hybridized carbons (Fsp3) is 0.188. The standard InChI is InChI=1S/C16H12ClF2NO6/c1-24-13-6-11(12(20(22)23)7-14(13)26-16(18)19)15(21)25-8-9-3-2-4-10(17)5-9/h2-7,16H,8H2,1H3. The fourth-order valence-corrected chi connectivity index (χ4v) is 2.28. The first-order valence-corrected chi connectivity index (χ1v) is 7.42. The number of ether oxygens (including phenoxy) is 3. The van der Waals surface area contributed by atoms with E-state index in [0.717, 1.165) is 13.2 Å². The molecule has 0 aliphatic carbocycles.